The van der Waals surface area contributed by atoms with Gasteiger partial charge in [0.1, 0.15) is 6.33 Å². The van der Waals surface area contributed by atoms with Crippen LogP contribution in [-0.2, 0) is 6.42 Å². The van der Waals surface area contributed by atoms with Crippen LogP contribution in [0.2, 0.25) is 0 Å². The summed E-state index contributed by atoms with van der Waals surface area (Å²) >= 11 is 0. The van der Waals surface area contributed by atoms with Crippen molar-refractivity contribution >= 4 is 5.82 Å². The van der Waals surface area contributed by atoms with Gasteiger partial charge in [-0.2, -0.15) is 0 Å². The van der Waals surface area contributed by atoms with Crippen molar-refractivity contribution in [2.24, 2.45) is 11.8 Å². The van der Waals surface area contributed by atoms with Gasteiger partial charge in [-0.3, -0.25) is 0 Å². The van der Waals surface area contributed by atoms with Gasteiger partial charge in [0.25, 0.3) is 0 Å². The summed E-state index contributed by atoms with van der Waals surface area (Å²) in [7, 11) is 0. The Hall–Kier alpha value is -1.23. The van der Waals surface area contributed by atoms with E-state index >= 15 is 0 Å². The van der Waals surface area contributed by atoms with Gasteiger partial charge in [0.05, 0.1) is 11.8 Å². The van der Waals surface area contributed by atoms with Gasteiger partial charge in [0.15, 0.2) is 11.6 Å². The molecular formula is C17H26FN3O. The van der Waals surface area contributed by atoms with E-state index in [9.17, 15) is 9.50 Å². The number of aliphatic hydroxyl groups excluding tert-OH is 1. The molecule has 0 spiro atoms. The van der Waals surface area contributed by atoms with Crippen LogP contribution in [0.15, 0.2) is 6.33 Å². The van der Waals surface area contributed by atoms with Gasteiger partial charge in [-0.25, -0.2) is 14.4 Å². The van der Waals surface area contributed by atoms with E-state index in [1.807, 2.05) is 6.92 Å². The molecule has 1 aromatic heterocycles. The molecule has 1 aliphatic carbocycles. The van der Waals surface area contributed by atoms with Crippen LogP contribution >= 0.6 is 0 Å². The van der Waals surface area contributed by atoms with Gasteiger partial charge < -0.3 is 10.0 Å². The molecule has 3 rings (SSSR count). The average molecular weight is 307 g/mol. The Morgan fingerprint density at radius 1 is 1.32 bits per heavy atom. The highest BCUT2D eigenvalue weighted by Gasteiger charge is 2.40. The second kappa shape index (κ2) is 6.49. The summed E-state index contributed by atoms with van der Waals surface area (Å²) in [5, 5.41) is 10.4. The second-order valence-electron chi connectivity index (χ2n) is 6.86. The first kappa shape index (κ1) is 15.7. The van der Waals surface area contributed by atoms with Gasteiger partial charge in [0.2, 0.25) is 0 Å². The van der Waals surface area contributed by atoms with Crippen molar-refractivity contribution in [2.75, 3.05) is 11.4 Å². The van der Waals surface area contributed by atoms with Crippen LogP contribution in [0, 0.1) is 17.7 Å². The predicted molar refractivity (Wildman–Crippen MR) is 84.2 cm³/mol. The van der Waals surface area contributed by atoms with Crippen LogP contribution in [-0.4, -0.2) is 33.8 Å². The molecule has 1 aromatic rings. The van der Waals surface area contributed by atoms with E-state index in [1.54, 1.807) is 0 Å². The summed E-state index contributed by atoms with van der Waals surface area (Å²) in [6, 6.07) is 0.201. The first-order chi connectivity index (χ1) is 10.6. The van der Waals surface area contributed by atoms with Gasteiger partial charge >= 0.3 is 0 Å². The summed E-state index contributed by atoms with van der Waals surface area (Å²) in [5.41, 5.74) is 0.480. The van der Waals surface area contributed by atoms with Gasteiger partial charge in [-0.15, -0.1) is 0 Å². The summed E-state index contributed by atoms with van der Waals surface area (Å²) < 4.78 is 14.6. The van der Waals surface area contributed by atoms with Crippen molar-refractivity contribution in [1.82, 2.24) is 9.97 Å². The maximum Gasteiger partial charge on any atom is 0.187 e. The molecule has 1 aliphatic heterocycles. The highest BCUT2D eigenvalue weighted by molar-refractivity contribution is 5.44. The topological polar surface area (TPSA) is 49.2 Å². The lowest BCUT2D eigenvalue weighted by Gasteiger charge is -2.39. The molecule has 0 radical (unpaired) electrons. The van der Waals surface area contributed by atoms with Crippen molar-refractivity contribution in [3.8, 4) is 0 Å². The Morgan fingerprint density at radius 2 is 2.14 bits per heavy atom. The maximum absolute atomic E-state index is 14.6. The smallest absolute Gasteiger partial charge is 0.187 e. The van der Waals surface area contributed by atoms with Crippen LogP contribution in [0.3, 0.4) is 0 Å². The monoisotopic (exact) mass is 307 g/mol. The summed E-state index contributed by atoms with van der Waals surface area (Å²) in [6.45, 7) is 4.97. The molecule has 2 aliphatic rings. The molecule has 22 heavy (non-hydrogen) atoms. The first-order valence-electron chi connectivity index (χ1n) is 8.55. The molecule has 2 heterocycles. The number of rotatable bonds is 3. The summed E-state index contributed by atoms with van der Waals surface area (Å²) in [4.78, 5) is 10.3. The van der Waals surface area contributed by atoms with Crippen LogP contribution in [0.5, 0.6) is 0 Å². The number of hydrogen-bond donors (Lipinski definition) is 1. The third-order valence-electron chi connectivity index (χ3n) is 5.37. The molecule has 1 N–H and O–H groups in total. The molecule has 4 nitrogen and oxygen atoms in total. The lowest BCUT2D eigenvalue weighted by atomic mass is 9.76. The van der Waals surface area contributed by atoms with E-state index in [0.717, 1.165) is 38.6 Å². The van der Waals surface area contributed by atoms with Crippen molar-refractivity contribution in [1.29, 1.82) is 0 Å². The Bertz CT molecular complexity index is 525. The Labute approximate surface area is 131 Å². The highest BCUT2D eigenvalue weighted by atomic mass is 19.1. The molecule has 0 unspecified atom stereocenters. The van der Waals surface area contributed by atoms with E-state index in [0.29, 0.717) is 23.9 Å². The fourth-order valence-electron chi connectivity index (χ4n) is 4.17. The largest absolute Gasteiger partial charge is 0.393 e. The number of aryl methyl sites for hydroxylation is 1. The highest BCUT2D eigenvalue weighted by Crippen LogP contribution is 2.39. The van der Waals surface area contributed by atoms with Crippen molar-refractivity contribution in [2.45, 2.75) is 64.5 Å². The zero-order chi connectivity index (χ0) is 15.7. The van der Waals surface area contributed by atoms with E-state index in [1.165, 1.54) is 6.33 Å². The third-order valence-corrected chi connectivity index (χ3v) is 5.37. The van der Waals surface area contributed by atoms with Gasteiger partial charge in [-0.1, -0.05) is 13.8 Å². The fraction of sp³-hybridized carbons (Fsp3) is 0.765. The van der Waals surface area contributed by atoms with E-state index in [4.69, 9.17) is 0 Å². The number of nitrogens with zero attached hydrogens (tertiary/aromatic N) is 3. The quantitative estimate of drug-likeness (QED) is 0.933. The van der Waals surface area contributed by atoms with Gasteiger partial charge in [-0.05, 0) is 44.4 Å². The number of aliphatic hydroxyl groups is 1. The molecule has 0 amide bonds. The van der Waals surface area contributed by atoms with Gasteiger partial charge in [0, 0.05) is 18.5 Å². The van der Waals surface area contributed by atoms with Crippen molar-refractivity contribution in [3.05, 3.63) is 17.8 Å². The molecule has 2 fully saturated rings. The van der Waals surface area contributed by atoms with E-state index in [-0.39, 0.29) is 23.9 Å². The minimum atomic E-state index is -0.282. The number of anilines is 1. The Balaban J connectivity index is 1.87. The van der Waals surface area contributed by atoms with Crippen LogP contribution in [0.1, 0.15) is 51.6 Å². The van der Waals surface area contributed by atoms with Crippen molar-refractivity contribution in [3.63, 3.8) is 0 Å². The third kappa shape index (κ3) is 2.83. The molecule has 122 valence electrons. The SMILES string of the molecule is CCc1ncnc(N2CCC[C@@H]2[C@@H]2C[C@H](C)CC[C@@H]2O)c1F. The minimum absolute atomic E-state index is 0.201. The minimum Gasteiger partial charge on any atom is -0.393 e. The number of halogens is 1. The lowest BCUT2D eigenvalue weighted by molar-refractivity contribution is 0.0389. The molecule has 1 saturated heterocycles. The zero-order valence-electron chi connectivity index (χ0n) is 13.5. The molecule has 0 aromatic carbocycles. The maximum atomic E-state index is 14.6. The fourth-order valence-corrected chi connectivity index (χ4v) is 4.17. The van der Waals surface area contributed by atoms with E-state index < -0.39 is 0 Å². The first-order valence-corrected chi connectivity index (χ1v) is 8.55. The second-order valence-corrected chi connectivity index (χ2v) is 6.86. The molecule has 1 saturated carbocycles. The molecule has 4 atom stereocenters. The Morgan fingerprint density at radius 3 is 2.91 bits per heavy atom. The summed E-state index contributed by atoms with van der Waals surface area (Å²) in [6.07, 6.45) is 6.80. The molecule has 5 heteroatoms. The molecule has 0 bridgehead atoms. The Kier molecular flexibility index (Phi) is 4.62. The van der Waals surface area contributed by atoms with Crippen molar-refractivity contribution < 1.29 is 9.50 Å². The lowest BCUT2D eigenvalue weighted by Crippen LogP contribution is -2.44. The van der Waals surface area contributed by atoms with Crippen LogP contribution in [0.25, 0.3) is 0 Å². The standard InChI is InChI=1S/C17H26FN3O/c1-3-13-16(18)17(20-10-19-13)21-8-4-5-14(21)12-9-11(2)6-7-15(12)22/h10-12,14-15,22H,3-9H2,1-2H3/t11-,12+,14-,15+/m1/s1. The van der Waals surface area contributed by atoms with Crippen LogP contribution < -0.4 is 4.90 Å². The molecular weight excluding hydrogens is 281 g/mol. The average Bonchev–Trinajstić information content (AvgIpc) is 2.99. The number of hydrogen-bond acceptors (Lipinski definition) is 4. The normalized spacial score (nSPS) is 32.5. The van der Waals surface area contributed by atoms with E-state index in [2.05, 4.69) is 21.8 Å². The number of aromatic nitrogens is 2. The summed E-state index contributed by atoms with van der Waals surface area (Å²) in [5.74, 6) is 1.01. The predicted octanol–water partition coefficient (Wildman–Crippen LogP) is 2.94. The van der Waals surface area contributed by atoms with Crippen LogP contribution in [0.4, 0.5) is 10.2 Å². The zero-order valence-corrected chi connectivity index (χ0v) is 13.5.